The number of pyridine rings is 2. The fraction of sp³-hybridized carbons (Fsp3) is 0.0909. The molecule has 0 aliphatic carbocycles. The number of carbonyl (C=O) groups is 1. The van der Waals surface area contributed by atoms with Gasteiger partial charge in [0.05, 0.1) is 22.9 Å². The fourth-order valence-corrected chi connectivity index (χ4v) is 3.89. The predicted octanol–water partition coefficient (Wildman–Crippen LogP) is 5.27. The van der Waals surface area contributed by atoms with Gasteiger partial charge in [0.1, 0.15) is 16.5 Å². The second-order valence-electron chi connectivity index (χ2n) is 6.89. The lowest BCUT2D eigenvalue weighted by molar-refractivity contribution is 0.0695. The topological polar surface area (TPSA) is 96.6 Å². The van der Waals surface area contributed by atoms with Crippen LogP contribution in [0.2, 0.25) is 5.15 Å². The minimum atomic E-state index is -1.36. The van der Waals surface area contributed by atoms with Crippen molar-refractivity contribution >= 4 is 67.2 Å². The number of aryl methyl sites for hydroxylation is 1. The summed E-state index contributed by atoms with van der Waals surface area (Å²) in [7, 11) is 0. The third-order valence-corrected chi connectivity index (χ3v) is 5.68. The fourth-order valence-electron chi connectivity index (χ4n) is 3.31. The molecule has 0 bridgehead atoms. The molecular weight excluding hydrogens is 503 g/mol. The van der Waals surface area contributed by atoms with Crippen molar-refractivity contribution in [2.45, 2.75) is 13.5 Å². The van der Waals surface area contributed by atoms with Crippen molar-refractivity contribution in [1.29, 1.82) is 0 Å². The Balaban J connectivity index is 1.71. The van der Waals surface area contributed by atoms with Gasteiger partial charge in [-0.3, -0.25) is 10.2 Å². The average molecular weight is 518 g/mol. The summed E-state index contributed by atoms with van der Waals surface area (Å²) >= 11 is 9.64. The summed E-state index contributed by atoms with van der Waals surface area (Å²) in [4.78, 5) is 28.1. The first-order chi connectivity index (χ1) is 15.3. The van der Waals surface area contributed by atoms with Crippen molar-refractivity contribution in [3.8, 4) is 0 Å². The molecule has 0 saturated heterocycles. The quantitative estimate of drug-likeness (QED) is 0.214. The van der Waals surface area contributed by atoms with Gasteiger partial charge < -0.3 is 9.67 Å². The lowest BCUT2D eigenvalue weighted by Gasteiger charge is -2.12. The molecule has 162 valence electrons. The molecule has 2 heterocycles. The number of fused-ring (bicyclic) bond motifs is 2. The molecule has 0 fully saturated rings. The maximum atomic E-state index is 14.7. The first kappa shape index (κ1) is 21.9. The van der Waals surface area contributed by atoms with E-state index in [1.54, 1.807) is 17.6 Å². The highest BCUT2D eigenvalue weighted by atomic mass is 79.9. The molecule has 7 nitrogen and oxygen atoms in total. The Morgan fingerprint density at radius 1 is 1.34 bits per heavy atom. The number of aromatic nitrogens is 2. The van der Waals surface area contributed by atoms with E-state index in [1.165, 1.54) is 18.5 Å². The Kier molecular flexibility index (Phi) is 5.94. The highest BCUT2D eigenvalue weighted by molar-refractivity contribution is 9.10. The molecule has 4 rings (SSSR count). The summed E-state index contributed by atoms with van der Waals surface area (Å²) in [5, 5.41) is 14.4. The molecule has 0 aliphatic rings. The summed E-state index contributed by atoms with van der Waals surface area (Å²) in [6.45, 7) is 2.18. The molecule has 32 heavy (non-hydrogen) atoms. The van der Waals surface area contributed by atoms with Gasteiger partial charge in [-0.25, -0.2) is 14.2 Å². The Bertz CT molecular complexity index is 1490. The van der Waals surface area contributed by atoms with E-state index >= 15 is 0 Å². The summed E-state index contributed by atoms with van der Waals surface area (Å²) in [6.07, 6.45) is 2.66. The molecule has 2 N–H and O–H groups in total. The SMILES string of the molecule is CCn1cc(C(=O)O)c(=O)c2cc(F)c(NN=Cc3cc4cc(Br)ccc4nc3Cl)cc21. The number of benzene rings is 2. The van der Waals surface area contributed by atoms with Crippen LogP contribution >= 0.6 is 27.5 Å². The zero-order valence-corrected chi connectivity index (χ0v) is 18.9. The number of rotatable bonds is 5. The van der Waals surface area contributed by atoms with Crippen LogP contribution in [-0.2, 0) is 6.54 Å². The number of nitrogens with one attached hydrogen (secondary N) is 1. The van der Waals surface area contributed by atoms with Crippen LogP contribution in [0.25, 0.3) is 21.8 Å². The molecule has 0 spiro atoms. The van der Waals surface area contributed by atoms with Gasteiger partial charge in [-0.2, -0.15) is 5.10 Å². The van der Waals surface area contributed by atoms with Crippen LogP contribution in [0.5, 0.6) is 0 Å². The van der Waals surface area contributed by atoms with Crippen molar-refractivity contribution in [3.05, 3.63) is 79.4 Å². The van der Waals surface area contributed by atoms with Crippen LogP contribution in [0.3, 0.4) is 0 Å². The molecule has 0 atom stereocenters. The minimum absolute atomic E-state index is 0.0195. The zero-order valence-electron chi connectivity index (χ0n) is 16.6. The Morgan fingerprint density at radius 3 is 2.84 bits per heavy atom. The first-order valence-electron chi connectivity index (χ1n) is 9.43. The van der Waals surface area contributed by atoms with E-state index in [9.17, 15) is 19.1 Å². The number of aromatic carboxylic acids is 1. The summed E-state index contributed by atoms with van der Waals surface area (Å²) < 4.78 is 17.1. The summed E-state index contributed by atoms with van der Waals surface area (Å²) in [6, 6.07) is 9.81. The van der Waals surface area contributed by atoms with Crippen LogP contribution in [0, 0.1) is 5.82 Å². The molecule has 0 amide bonds. The van der Waals surface area contributed by atoms with Crippen molar-refractivity contribution in [2.75, 3.05) is 5.43 Å². The van der Waals surface area contributed by atoms with E-state index in [0.29, 0.717) is 17.6 Å². The number of hydrazone groups is 1. The largest absolute Gasteiger partial charge is 0.477 e. The van der Waals surface area contributed by atoms with Crippen molar-refractivity contribution in [2.24, 2.45) is 5.10 Å². The van der Waals surface area contributed by atoms with E-state index in [2.05, 4.69) is 31.4 Å². The monoisotopic (exact) mass is 516 g/mol. The molecule has 2 aromatic carbocycles. The molecule has 0 aliphatic heterocycles. The highest BCUT2D eigenvalue weighted by Crippen LogP contribution is 2.24. The molecule has 0 saturated carbocycles. The lowest BCUT2D eigenvalue weighted by atomic mass is 10.1. The molecular formula is C22H15BrClFN4O3. The Labute approximate surface area is 194 Å². The van der Waals surface area contributed by atoms with Crippen molar-refractivity contribution in [1.82, 2.24) is 9.55 Å². The van der Waals surface area contributed by atoms with E-state index in [1.807, 2.05) is 18.2 Å². The molecule has 4 aromatic rings. The van der Waals surface area contributed by atoms with Gasteiger partial charge in [0, 0.05) is 33.6 Å². The van der Waals surface area contributed by atoms with Crippen LogP contribution in [0.15, 0.2) is 57.0 Å². The Morgan fingerprint density at radius 2 is 2.12 bits per heavy atom. The molecule has 10 heteroatoms. The van der Waals surface area contributed by atoms with Crippen molar-refractivity contribution < 1.29 is 14.3 Å². The predicted molar refractivity (Wildman–Crippen MR) is 126 cm³/mol. The van der Waals surface area contributed by atoms with Gasteiger partial charge in [-0.1, -0.05) is 27.5 Å². The maximum absolute atomic E-state index is 14.7. The second-order valence-corrected chi connectivity index (χ2v) is 8.16. The van der Waals surface area contributed by atoms with Crippen molar-refractivity contribution in [3.63, 3.8) is 0 Å². The second kappa shape index (κ2) is 8.68. The van der Waals surface area contributed by atoms with E-state index < -0.39 is 22.8 Å². The number of hydrogen-bond acceptors (Lipinski definition) is 5. The van der Waals surface area contributed by atoms with E-state index in [4.69, 9.17) is 11.6 Å². The van der Waals surface area contributed by atoms with Gasteiger partial charge in [0.2, 0.25) is 5.43 Å². The third-order valence-electron chi connectivity index (χ3n) is 4.89. The standard InChI is InChI=1S/C22H15BrClFN4O3/c1-2-29-10-15(22(31)32)20(30)14-7-16(25)18(8-19(14)29)28-26-9-12-5-11-6-13(23)3-4-17(11)27-21(12)24/h3-10,28H,2H2,1H3,(H,31,32). The molecule has 0 unspecified atom stereocenters. The maximum Gasteiger partial charge on any atom is 0.341 e. The summed E-state index contributed by atoms with van der Waals surface area (Å²) in [5.74, 6) is -2.11. The van der Waals surface area contributed by atoms with Gasteiger partial charge in [0.15, 0.2) is 0 Å². The normalized spacial score (nSPS) is 11.5. The van der Waals surface area contributed by atoms with E-state index in [-0.39, 0.29) is 16.2 Å². The minimum Gasteiger partial charge on any atom is -0.477 e. The number of halogens is 3. The third kappa shape index (κ3) is 4.09. The zero-order chi connectivity index (χ0) is 23.0. The van der Waals surface area contributed by atoms with E-state index in [0.717, 1.165) is 21.4 Å². The van der Waals surface area contributed by atoms with Gasteiger partial charge in [-0.15, -0.1) is 0 Å². The highest BCUT2D eigenvalue weighted by Gasteiger charge is 2.16. The molecule has 0 radical (unpaired) electrons. The number of anilines is 1. The number of carboxylic acids is 1. The van der Waals surface area contributed by atoms with Gasteiger partial charge in [-0.05, 0) is 43.3 Å². The first-order valence-corrected chi connectivity index (χ1v) is 10.6. The smallest absolute Gasteiger partial charge is 0.341 e. The molecule has 2 aromatic heterocycles. The van der Waals surface area contributed by atoms with Gasteiger partial charge >= 0.3 is 5.97 Å². The number of carboxylic acid groups (broad SMARTS) is 1. The van der Waals surface area contributed by atoms with Crippen LogP contribution in [0.1, 0.15) is 22.8 Å². The van der Waals surface area contributed by atoms with Crippen LogP contribution in [-0.4, -0.2) is 26.8 Å². The van der Waals surface area contributed by atoms with Crippen LogP contribution < -0.4 is 10.9 Å². The van der Waals surface area contributed by atoms with Gasteiger partial charge in [0.25, 0.3) is 0 Å². The Hall–Kier alpha value is -3.30. The van der Waals surface area contributed by atoms with Crippen LogP contribution in [0.4, 0.5) is 10.1 Å². The number of nitrogens with zero attached hydrogens (tertiary/aromatic N) is 3. The lowest BCUT2D eigenvalue weighted by Crippen LogP contribution is -2.19. The average Bonchev–Trinajstić information content (AvgIpc) is 2.75. The summed E-state index contributed by atoms with van der Waals surface area (Å²) in [5.41, 5.74) is 3.12. The number of hydrogen-bond donors (Lipinski definition) is 2.